The Balaban J connectivity index is 1.24. The Morgan fingerprint density at radius 1 is 1.11 bits per heavy atom. The maximum absolute atomic E-state index is 5.77. The lowest BCUT2D eigenvalue weighted by Gasteiger charge is -2.37. The number of aromatic nitrogens is 3. The molecule has 2 saturated heterocycles. The van der Waals surface area contributed by atoms with Gasteiger partial charge in [-0.05, 0) is 24.3 Å². The zero-order valence-electron chi connectivity index (χ0n) is 16.0. The second-order valence-corrected chi connectivity index (χ2v) is 6.69. The summed E-state index contributed by atoms with van der Waals surface area (Å²) in [5.74, 6) is 2.49. The summed E-state index contributed by atoms with van der Waals surface area (Å²) in [6, 6.07) is 7.50. The van der Waals surface area contributed by atoms with Crippen molar-refractivity contribution < 1.29 is 18.9 Å². The number of nitrogens with zero attached hydrogens (tertiary/aromatic N) is 4. The molecule has 0 amide bonds. The largest absolute Gasteiger partial charge is 0.497 e. The number of hydrogen-bond donors (Lipinski definition) is 1. The summed E-state index contributed by atoms with van der Waals surface area (Å²) < 4.78 is 22.4. The standard InChI is InChI=1S/C19H25N5O4/c1-25-15-2-4-16(5-3-15)26-11-8-20-17-14-21-23-18(22-17)24-9-6-19(7-10-24)27-12-13-28-19/h2-5,14H,6-13H2,1H3,(H,20,22,23). The zero-order valence-corrected chi connectivity index (χ0v) is 16.0. The van der Waals surface area contributed by atoms with Gasteiger partial charge in [0.1, 0.15) is 18.1 Å². The van der Waals surface area contributed by atoms with Crippen LogP contribution in [0.25, 0.3) is 0 Å². The van der Waals surface area contributed by atoms with E-state index in [1.54, 1.807) is 13.3 Å². The van der Waals surface area contributed by atoms with Crippen molar-refractivity contribution in [2.45, 2.75) is 18.6 Å². The van der Waals surface area contributed by atoms with E-state index in [1.807, 2.05) is 24.3 Å². The number of benzene rings is 1. The number of rotatable bonds is 7. The van der Waals surface area contributed by atoms with Gasteiger partial charge in [0.15, 0.2) is 11.6 Å². The first kappa shape index (κ1) is 18.7. The number of nitrogens with one attached hydrogen (secondary N) is 1. The average Bonchev–Trinajstić information content (AvgIpc) is 3.20. The number of piperidine rings is 1. The molecule has 0 radical (unpaired) electrons. The van der Waals surface area contributed by atoms with Crippen LogP contribution in [-0.2, 0) is 9.47 Å². The molecule has 1 aromatic heterocycles. The van der Waals surface area contributed by atoms with Gasteiger partial charge >= 0.3 is 0 Å². The van der Waals surface area contributed by atoms with Crippen LogP contribution >= 0.6 is 0 Å². The van der Waals surface area contributed by atoms with Gasteiger partial charge in [0.2, 0.25) is 5.95 Å². The molecule has 1 aromatic carbocycles. The minimum absolute atomic E-state index is 0.404. The predicted octanol–water partition coefficient (Wildman–Crippen LogP) is 1.71. The number of hydrogen-bond acceptors (Lipinski definition) is 9. The van der Waals surface area contributed by atoms with Gasteiger partial charge in [-0.2, -0.15) is 10.1 Å². The number of methoxy groups -OCH3 is 1. The summed E-state index contributed by atoms with van der Waals surface area (Å²) in [7, 11) is 1.64. The smallest absolute Gasteiger partial charge is 0.247 e. The Labute approximate surface area is 164 Å². The molecule has 9 nitrogen and oxygen atoms in total. The van der Waals surface area contributed by atoms with Gasteiger partial charge in [-0.1, -0.05) is 0 Å². The van der Waals surface area contributed by atoms with Crippen molar-refractivity contribution in [1.29, 1.82) is 0 Å². The second kappa shape index (κ2) is 8.57. The van der Waals surface area contributed by atoms with E-state index in [0.29, 0.717) is 38.1 Å². The van der Waals surface area contributed by atoms with E-state index in [4.69, 9.17) is 18.9 Å². The molecule has 2 aliphatic heterocycles. The normalized spacial score (nSPS) is 18.2. The van der Waals surface area contributed by atoms with Crippen LogP contribution in [0, 0.1) is 0 Å². The maximum Gasteiger partial charge on any atom is 0.247 e. The molecular formula is C19H25N5O4. The lowest BCUT2D eigenvalue weighted by atomic mass is 10.0. The maximum atomic E-state index is 5.77. The molecule has 28 heavy (non-hydrogen) atoms. The summed E-state index contributed by atoms with van der Waals surface area (Å²) in [6.07, 6.45) is 3.24. The van der Waals surface area contributed by atoms with Crippen molar-refractivity contribution in [3.8, 4) is 11.5 Å². The van der Waals surface area contributed by atoms with E-state index in [1.165, 1.54) is 0 Å². The van der Waals surface area contributed by atoms with E-state index >= 15 is 0 Å². The fourth-order valence-electron chi connectivity index (χ4n) is 3.37. The number of ether oxygens (including phenoxy) is 4. The van der Waals surface area contributed by atoms with Crippen molar-refractivity contribution in [3.63, 3.8) is 0 Å². The quantitative estimate of drug-likeness (QED) is 0.713. The van der Waals surface area contributed by atoms with Gasteiger partial charge in [-0.3, -0.25) is 0 Å². The van der Waals surface area contributed by atoms with Crippen LogP contribution in [0.5, 0.6) is 11.5 Å². The monoisotopic (exact) mass is 387 g/mol. The van der Waals surface area contributed by atoms with Crippen LogP contribution in [0.3, 0.4) is 0 Å². The highest BCUT2D eigenvalue weighted by molar-refractivity contribution is 5.39. The van der Waals surface area contributed by atoms with E-state index in [0.717, 1.165) is 37.4 Å². The van der Waals surface area contributed by atoms with Crippen LogP contribution in [0.15, 0.2) is 30.5 Å². The number of anilines is 2. The molecule has 4 rings (SSSR count). The fourth-order valence-corrected chi connectivity index (χ4v) is 3.37. The summed E-state index contributed by atoms with van der Waals surface area (Å²) in [5, 5.41) is 11.5. The van der Waals surface area contributed by atoms with Gasteiger partial charge in [0, 0.05) is 25.9 Å². The molecule has 2 aliphatic rings. The van der Waals surface area contributed by atoms with Crippen molar-refractivity contribution in [1.82, 2.24) is 15.2 Å². The van der Waals surface area contributed by atoms with Gasteiger partial charge in [-0.15, -0.1) is 5.10 Å². The molecule has 2 aromatic rings. The predicted molar refractivity (Wildman–Crippen MR) is 103 cm³/mol. The molecule has 2 fully saturated rings. The van der Waals surface area contributed by atoms with Crippen molar-refractivity contribution >= 4 is 11.8 Å². The highest BCUT2D eigenvalue weighted by Crippen LogP contribution is 2.32. The van der Waals surface area contributed by atoms with Gasteiger partial charge < -0.3 is 29.2 Å². The Kier molecular flexibility index (Phi) is 5.73. The molecule has 150 valence electrons. The minimum atomic E-state index is -0.404. The average molecular weight is 387 g/mol. The molecule has 1 N–H and O–H groups in total. The van der Waals surface area contributed by atoms with Crippen molar-refractivity contribution in [2.75, 3.05) is 56.8 Å². The Morgan fingerprint density at radius 3 is 2.54 bits per heavy atom. The second-order valence-electron chi connectivity index (χ2n) is 6.69. The van der Waals surface area contributed by atoms with Gasteiger partial charge in [0.05, 0.1) is 33.1 Å². The fraction of sp³-hybridized carbons (Fsp3) is 0.526. The first-order valence-corrected chi connectivity index (χ1v) is 9.50. The lowest BCUT2D eigenvalue weighted by molar-refractivity contribution is -0.169. The highest BCUT2D eigenvalue weighted by Gasteiger charge is 2.40. The lowest BCUT2D eigenvalue weighted by Crippen LogP contribution is -2.45. The Morgan fingerprint density at radius 2 is 1.82 bits per heavy atom. The highest BCUT2D eigenvalue weighted by atomic mass is 16.7. The van der Waals surface area contributed by atoms with Crippen LogP contribution in [-0.4, -0.2) is 67.5 Å². The third-order valence-electron chi connectivity index (χ3n) is 4.91. The molecule has 0 aliphatic carbocycles. The first-order chi connectivity index (χ1) is 13.8. The van der Waals surface area contributed by atoms with Crippen LogP contribution in [0.4, 0.5) is 11.8 Å². The first-order valence-electron chi connectivity index (χ1n) is 9.50. The van der Waals surface area contributed by atoms with Crippen LogP contribution in [0.2, 0.25) is 0 Å². The Bertz CT molecular complexity index is 757. The molecule has 1 spiro atoms. The molecule has 0 bridgehead atoms. The summed E-state index contributed by atoms with van der Waals surface area (Å²) >= 11 is 0. The topological polar surface area (TPSA) is 90.9 Å². The SMILES string of the molecule is COc1ccc(OCCNc2cnnc(N3CCC4(CC3)OCCO4)n2)cc1. The summed E-state index contributed by atoms with van der Waals surface area (Å²) in [5.41, 5.74) is 0. The molecule has 9 heteroatoms. The van der Waals surface area contributed by atoms with Crippen LogP contribution in [0.1, 0.15) is 12.8 Å². The molecule has 0 atom stereocenters. The van der Waals surface area contributed by atoms with E-state index in [-0.39, 0.29) is 0 Å². The van der Waals surface area contributed by atoms with Crippen LogP contribution < -0.4 is 19.7 Å². The van der Waals surface area contributed by atoms with Crippen molar-refractivity contribution in [3.05, 3.63) is 30.5 Å². The molecule has 0 unspecified atom stereocenters. The summed E-state index contributed by atoms with van der Waals surface area (Å²) in [4.78, 5) is 6.68. The van der Waals surface area contributed by atoms with Gasteiger partial charge in [-0.25, -0.2) is 0 Å². The minimum Gasteiger partial charge on any atom is -0.497 e. The third-order valence-corrected chi connectivity index (χ3v) is 4.91. The molecule has 0 saturated carbocycles. The van der Waals surface area contributed by atoms with E-state index in [2.05, 4.69) is 25.4 Å². The van der Waals surface area contributed by atoms with Crippen molar-refractivity contribution in [2.24, 2.45) is 0 Å². The summed E-state index contributed by atoms with van der Waals surface area (Å²) in [6.45, 7) is 4.03. The van der Waals surface area contributed by atoms with Gasteiger partial charge in [0.25, 0.3) is 0 Å². The third kappa shape index (κ3) is 4.42. The zero-order chi connectivity index (χ0) is 19.2. The molecule has 3 heterocycles. The van der Waals surface area contributed by atoms with E-state index < -0.39 is 5.79 Å². The van der Waals surface area contributed by atoms with E-state index in [9.17, 15) is 0 Å². The Hall–Kier alpha value is -2.65. The molecular weight excluding hydrogens is 362 g/mol.